The zero-order valence-electron chi connectivity index (χ0n) is 10.9. The molecule has 1 heterocycles. The van der Waals surface area contributed by atoms with Crippen molar-refractivity contribution in [2.45, 2.75) is 20.4 Å². The van der Waals surface area contributed by atoms with Crippen molar-refractivity contribution in [1.82, 2.24) is 14.9 Å². The Morgan fingerprint density at radius 1 is 1.06 bits per heavy atom. The Morgan fingerprint density at radius 3 is 2.22 bits per heavy atom. The van der Waals surface area contributed by atoms with Gasteiger partial charge in [0.25, 0.3) is 0 Å². The number of anilines is 1. The molecule has 0 aliphatic carbocycles. The van der Waals surface area contributed by atoms with Crippen LogP contribution in [0.2, 0.25) is 0 Å². The van der Waals surface area contributed by atoms with E-state index < -0.39 is 0 Å². The minimum atomic E-state index is 0.760. The average molecular weight is 245 g/mol. The Balaban J connectivity index is 1.95. The van der Waals surface area contributed by atoms with E-state index in [1.54, 1.807) is 17.3 Å². The highest BCUT2D eigenvalue weighted by Gasteiger charge is 2.01. The second kappa shape index (κ2) is 6.05. The van der Waals surface area contributed by atoms with Crippen molar-refractivity contribution in [2.75, 3.05) is 23.4 Å². The topological polar surface area (TPSA) is 46.0 Å². The van der Waals surface area contributed by atoms with Crippen molar-refractivity contribution in [3.05, 3.63) is 42.5 Å². The minimum Gasteiger partial charge on any atom is -0.372 e. The molecule has 0 saturated carbocycles. The van der Waals surface area contributed by atoms with E-state index in [-0.39, 0.29) is 0 Å². The highest BCUT2D eigenvalue weighted by Crippen LogP contribution is 2.14. The summed E-state index contributed by atoms with van der Waals surface area (Å²) in [4.78, 5) is 2.33. The Kier molecular flexibility index (Phi) is 4.17. The molecule has 96 valence electrons. The lowest BCUT2D eigenvalue weighted by atomic mass is 10.2. The molecule has 0 bridgehead atoms. The van der Waals surface area contributed by atoms with E-state index in [0.717, 1.165) is 19.6 Å². The third kappa shape index (κ3) is 3.00. The quantitative estimate of drug-likeness (QED) is 0.844. The second-order valence-corrected chi connectivity index (χ2v) is 4.04. The highest BCUT2D eigenvalue weighted by molar-refractivity contribution is 5.47. The van der Waals surface area contributed by atoms with Crippen LogP contribution in [-0.2, 0) is 6.54 Å². The van der Waals surface area contributed by atoms with Crippen molar-refractivity contribution in [3.63, 3.8) is 0 Å². The fourth-order valence-corrected chi connectivity index (χ4v) is 1.88. The summed E-state index contributed by atoms with van der Waals surface area (Å²) in [5.74, 6) is 0. The van der Waals surface area contributed by atoms with Crippen LogP contribution in [0.5, 0.6) is 0 Å². The van der Waals surface area contributed by atoms with Gasteiger partial charge in [0.1, 0.15) is 12.7 Å². The van der Waals surface area contributed by atoms with Crippen molar-refractivity contribution in [1.29, 1.82) is 0 Å². The van der Waals surface area contributed by atoms with E-state index in [1.807, 2.05) is 0 Å². The smallest absolute Gasteiger partial charge is 0.138 e. The van der Waals surface area contributed by atoms with Crippen molar-refractivity contribution in [2.24, 2.45) is 0 Å². The Hall–Kier alpha value is -2.04. The monoisotopic (exact) mass is 245 g/mol. The minimum absolute atomic E-state index is 0.760. The van der Waals surface area contributed by atoms with Crippen LogP contribution in [0.4, 0.5) is 5.69 Å². The molecule has 0 spiro atoms. The summed E-state index contributed by atoms with van der Waals surface area (Å²) in [6.45, 7) is 7.18. The molecule has 1 aromatic heterocycles. The maximum atomic E-state index is 3.74. The lowest BCUT2D eigenvalue weighted by molar-refractivity contribution is 0.834. The van der Waals surface area contributed by atoms with Gasteiger partial charge in [0.2, 0.25) is 0 Å². The number of benzene rings is 1. The molecular formula is C13H19N5. The highest BCUT2D eigenvalue weighted by atomic mass is 15.5. The number of nitrogens with zero attached hydrogens (tertiary/aromatic N) is 4. The summed E-state index contributed by atoms with van der Waals surface area (Å²) in [5, 5.41) is 7.48. The zero-order valence-corrected chi connectivity index (χ0v) is 10.9. The summed E-state index contributed by atoms with van der Waals surface area (Å²) in [6.07, 6.45) is 3.29. The molecule has 0 saturated heterocycles. The lowest BCUT2D eigenvalue weighted by Gasteiger charge is -2.21. The van der Waals surface area contributed by atoms with Crippen LogP contribution in [0.15, 0.2) is 36.9 Å². The summed E-state index contributed by atoms with van der Waals surface area (Å²) < 4.78 is 1.75. The van der Waals surface area contributed by atoms with Gasteiger partial charge in [0.05, 0.1) is 6.54 Å². The summed E-state index contributed by atoms with van der Waals surface area (Å²) >= 11 is 0. The molecule has 2 rings (SSSR count). The van der Waals surface area contributed by atoms with Crippen LogP contribution in [-0.4, -0.2) is 28.0 Å². The first-order valence-electron chi connectivity index (χ1n) is 6.26. The van der Waals surface area contributed by atoms with E-state index in [2.05, 4.69) is 58.6 Å². The van der Waals surface area contributed by atoms with Crippen molar-refractivity contribution in [3.8, 4) is 0 Å². The molecule has 0 aliphatic heterocycles. The van der Waals surface area contributed by atoms with Crippen LogP contribution < -0.4 is 10.3 Å². The van der Waals surface area contributed by atoms with Gasteiger partial charge in [-0.15, -0.1) is 10.2 Å². The standard InChI is InChI=1S/C13H19N5/c1-3-17(4-2)13-7-5-12(6-8-13)9-16-18-10-14-15-11-18/h5-8,10-11,16H,3-4,9H2,1-2H3. The normalized spacial score (nSPS) is 10.3. The molecule has 0 amide bonds. The van der Waals surface area contributed by atoms with Gasteiger partial charge in [-0.25, -0.2) is 4.68 Å². The number of hydrogen-bond donors (Lipinski definition) is 1. The molecule has 0 atom stereocenters. The maximum Gasteiger partial charge on any atom is 0.138 e. The van der Waals surface area contributed by atoms with Crippen LogP contribution in [0.3, 0.4) is 0 Å². The first-order valence-corrected chi connectivity index (χ1v) is 6.26. The molecule has 18 heavy (non-hydrogen) atoms. The summed E-state index contributed by atoms with van der Waals surface area (Å²) in [6, 6.07) is 8.61. The van der Waals surface area contributed by atoms with Crippen LogP contribution in [0, 0.1) is 0 Å². The van der Waals surface area contributed by atoms with Gasteiger partial charge in [-0.05, 0) is 31.5 Å². The number of nitrogens with one attached hydrogen (secondary N) is 1. The average Bonchev–Trinajstić information content (AvgIpc) is 2.92. The molecule has 0 fully saturated rings. The van der Waals surface area contributed by atoms with E-state index in [1.165, 1.54) is 11.3 Å². The van der Waals surface area contributed by atoms with E-state index in [0.29, 0.717) is 0 Å². The Morgan fingerprint density at radius 2 is 1.67 bits per heavy atom. The predicted molar refractivity (Wildman–Crippen MR) is 73.1 cm³/mol. The van der Waals surface area contributed by atoms with Gasteiger partial charge >= 0.3 is 0 Å². The Labute approximate surface area is 107 Å². The van der Waals surface area contributed by atoms with Gasteiger partial charge in [-0.2, -0.15) is 0 Å². The molecule has 2 aromatic rings. The van der Waals surface area contributed by atoms with Gasteiger partial charge in [-0.1, -0.05) is 12.1 Å². The Bertz CT molecular complexity index is 445. The molecule has 1 aromatic carbocycles. The molecule has 0 radical (unpaired) electrons. The summed E-state index contributed by atoms with van der Waals surface area (Å²) in [5.41, 5.74) is 5.70. The van der Waals surface area contributed by atoms with Crippen LogP contribution in [0.1, 0.15) is 19.4 Å². The van der Waals surface area contributed by atoms with Gasteiger partial charge in [-0.3, -0.25) is 0 Å². The van der Waals surface area contributed by atoms with Crippen LogP contribution in [0.25, 0.3) is 0 Å². The number of hydrogen-bond acceptors (Lipinski definition) is 4. The number of aromatic nitrogens is 3. The molecule has 0 unspecified atom stereocenters. The second-order valence-electron chi connectivity index (χ2n) is 4.04. The first kappa shape index (κ1) is 12.4. The molecule has 5 heteroatoms. The molecule has 1 N–H and O–H groups in total. The predicted octanol–water partition coefficient (Wildman–Crippen LogP) is 1.87. The molecule has 0 aliphatic rings. The SMILES string of the molecule is CCN(CC)c1ccc(CNn2cnnc2)cc1. The fourth-order valence-electron chi connectivity index (χ4n) is 1.88. The summed E-state index contributed by atoms with van der Waals surface area (Å²) in [7, 11) is 0. The largest absolute Gasteiger partial charge is 0.372 e. The van der Waals surface area contributed by atoms with Crippen LogP contribution >= 0.6 is 0 Å². The van der Waals surface area contributed by atoms with Gasteiger partial charge in [0, 0.05) is 18.8 Å². The zero-order chi connectivity index (χ0) is 12.8. The lowest BCUT2D eigenvalue weighted by Crippen LogP contribution is -2.21. The van der Waals surface area contributed by atoms with Gasteiger partial charge in [0.15, 0.2) is 0 Å². The third-order valence-electron chi connectivity index (χ3n) is 2.95. The third-order valence-corrected chi connectivity index (χ3v) is 2.95. The maximum absolute atomic E-state index is 3.74. The fraction of sp³-hybridized carbons (Fsp3) is 0.385. The molecule has 5 nitrogen and oxygen atoms in total. The van der Waals surface area contributed by atoms with E-state index in [4.69, 9.17) is 0 Å². The van der Waals surface area contributed by atoms with E-state index >= 15 is 0 Å². The van der Waals surface area contributed by atoms with Crippen molar-refractivity contribution >= 4 is 5.69 Å². The number of rotatable bonds is 6. The van der Waals surface area contributed by atoms with Crippen molar-refractivity contribution < 1.29 is 0 Å². The van der Waals surface area contributed by atoms with E-state index in [9.17, 15) is 0 Å². The first-order chi connectivity index (χ1) is 8.83. The molecular weight excluding hydrogens is 226 g/mol. The van der Waals surface area contributed by atoms with Gasteiger partial charge < -0.3 is 10.3 Å².